The van der Waals surface area contributed by atoms with Gasteiger partial charge in [-0.3, -0.25) is 24.0 Å². The molecule has 0 aliphatic heterocycles. The fourth-order valence-corrected chi connectivity index (χ4v) is 4.02. The Morgan fingerprint density at radius 3 is 2.20 bits per heavy atom. The molecule has 208 valence electrons. The minimum atomic E-state index is -0.579. The molecule has 1 heterocycles. The number of hydrogen-bond acceptors (Lipinski definition) is 10. The van der Waals surface area contributed by atoms with E-state index in [0.29, 0.717) is 27.7 Å². The zero-order chi connectivity index (χ0) is 29.7. The van der Waals surface area contributed by atoms with E-state index in [-0.39, 0.29) is 58.4 Å². The summed E-state index contributed by atoms with van der Waals surface area (Å²) in [6, 6.07) is 12.5. The predicted molar refractivity (Wildman–Crippen MR) is 155 cm³/mol. The number of amides is 2. The smallest absolute Gasteiger partial charge is 0.258 e. The second-order valence-corrected chi connectivity index (χ2v) is 9.22. The van der Waals surface area contributed by atoms with Gasteiger partial charge in [-0.2, -0.15) is 0 Å². The van der Waals surface area contributed by atoms with E-state index in [1.54, 1.807) is 30.3 Å². The minimum absolute atomic E-state index is 0.116. The van der Waals surface area contributed by atoms with E-state index in [1.807, 2.05) is 0 Å². The number of azo groups is 1. The number of nitrogen functional groups attached to an aromatic ring is 2. The highest BCUT2D eigenvalue weighted by Crippen LogP contribution is 2.43. The summed E-state index contributed by atoms with van der Waals surface area (Å²) in [5, 5.41) is 14.3. The van der Waals surface area contributed by atoms with Crippen LogP contribution in [0.25, 0.3) is 22.0 Å². The molecule has 0 aliphatic rings. The van der Waals surface area contributed by atoms with E-state index in [0.717, 1.165) is 0 Å². The van der Waals surface area contributed by atoms with Crippen molar-refractivity contribution in [3.63, 3.8) is 0 Å². The summed E-state index contributed by atoms with van der Waals surface area (Å²) in [5.41, 5.74) is 14.5. The molecule has 7 N–H and O–H groups in total. The van der Waals surface area contributed by atoms with Crippen LogP contribution in [0.2, 0.25) is 0 Å². The molecule has 41 heavy (non-hydrogen) atoms. The lowest BCUT2D eigenvalue weighted by Gasteiger charge is -2.15. The number of nitrogens with zero attached hydrogens (tertiary/aromatic N) is 3. The second-order valence-electron chi connectivity index (χ2n) is 9.22. The fourth-order valence-electron chi connectivity index (χ4n) is 4.02. The van der Waals surface area contributed by atoms with Crippen LogP contribution in [0.1, 0.15) is 26.7 Å². The molecule has 2 amide bonds. The highest BCUT2D eigenvalue weighted by Gasteiger charge is 2.18. The molecule has 0 fully saturated rings. The molecule has 4 aromatic rings. The lowest BCUT2D eigenvalue weighted by Crippen LogP contribution is -2.15. The molecule has 4 rings (SSSR count). The number of ketones is 2. The van der Waals surface area contributed by atoms with Crippen LogP contribution < -0.4 is 27.7 Å². The van der Waals surface area contributed by atoms with Gasteiger partial charge in [0.15, 0.2) is 0 Å². The Hall–Kier alpha value is -5.72. The molecule has 0 bridgehead atoms. The summed E-state index contributed by atoms with van der Waals surface area (Å²) in [6.07, 6.45) is 0.597. The summed E-state index contributed by atoms with van der Waals surface area (Å²) >= 11 is 0. The zero-order valence-corrected chi connectivity index (χ0v) is 22.1. The van der Waals surface area contributed by atoms with Crippen molar-refractivity contribution in [2.24, 2.45) is 10.2 Å². The van der Waals surface area contributed by atoms with E-state index >= 15 is 0 Å². The number of aromatic amines is 1. The van der Waals surface area contributed by atoms with E-state index in [9.17, 15) is 24.0 Å². The molecule has 0 radical (unpaired) electrons. The average molecular weight is 555 g/mol. The van der Waals surface area contributed by atoms with Crippen molar-refractivity contribution < 1.29 is 19.2 Å². The van der Waals surface area contributed by atoms with Gasteiger partial charge in [0.1, 0.15) is 22.9 Å². The quantitative estimate of drug-likeness (QED) is 0.115. The first-order valence-electron chi connectivity index (χ1n) is 12.3. The monoisotopic (exact) mass is 554 g/mol. The van der Waals surface area contributed by atoms with Crippen LogP contribution in [0.5, 0.6) is 0 Å². The first-order valence-corrected chi connectivity index (χ1v) is 12.3. The van der Waals surface area contributed by atoms with Gasteiger partial charge in [-0.1, -0.05) is 6.07 Å². The SMILES string of the molecule is CC(=O)CC(=O)Nc1ccc(N)cc1N=Nc1c(NC(=O)CC(C)=O)ccc(N)c1-c1ccc2nc[nH]c(=O)c2c1. The van der Waals surface area contributed by atoms with Gasteiger partial charge in [-0.05, 0) is 61.9 Å². The predicted octanol–water partition coefficient (Wildman–Crippen LogP) is 4.01. The van der Waals surface area contributed by atoms with Gasteiger partial charge in [0.05, 0.1) is 41.4 Å². The van der Waals surface area contributed by atoms with E-state index in [1.165, 1.54) is 38.4 Å². The molecule has 3 aromatic carbocycles. The van der Waals surface area contributed by atoms with Gasteiger partial charge in [0.25, 0.3) is 5.56 Å². The number of carbonyl (C=O) groups excluding carboxylic acids is 4. The molecule has 0 saturated carbocycles. The van der Waals surface area contributed by atoms with Crippen molar-refractivity contribution in [3.8, 4) is 11.1 Å². The number of nitrogens with two attached hydrogens (primary N) is 2. The molecular weight excluding hydrogens is 528 g/mol. The molecule has 1 aromatic heterocycles. The van der Waals surface area contributed by atoms with E-state index < -0.39 is 11.8 Å². The largest absolute Gasteiger partial charge is 0.399 e. The number of hydrogen-bond donors (Lipinski definition) is 5. The number of benzene rings is 3. The Labute approximate surface area is 233 Å². The highest BCUT2D eigenvalue weighted by molar-refractivity contribution is 6.07. The zero-order valence-electron chi connectivity index (χ0n) is 22.1. The summed E-state index contributed by atoms with van der Waals surface area (Å²) in [5.74, 6) is -1.78. The molecule has 0 spiro atoms. The van der Waals surface area contributed by atoms with Crippen molar-refractivity contribution in [2.45, 2.75) is 26.7 Å². The van der Waals surface area contributed by atoms with Crippen LogP contribution in [0, 0.1) is 0 Å². The summed E-state index contributed by atoms with van der Waals surface area (Å²) in [6.45, 7) is 2.58. The summed E-state index contributed by atoms with van der Waals surface area (Å²) < 4.78 is 0. The maximum absolute atomic E-state index is 12.5. The molecule has 0 aliphatic carbocycles. The third-order valence-electron chi connectivity index (χ3n) is 5.79. The van der Waals surface area contributed by atoms with Crippen molar-refractivity contribution in [1.82, 2.24) is 9.97 Å². The maximum atomic E-state index is 12.5. The standard InChI is InChI=1S/C28H26N8O5/c1-14(37)9-24(39)33-21-7-4-17(29)12-23(21)35-36-27-22(34-25(40)10-15(2)38)8-5-19(30)26(27)16-3-6-20-18(11-16)28(41)32-13-31-20/h3-8,11-13H,9-10,29-30H2,1-2H3,(H,33,39)(H,34,40)(H,31,32,41). The van der Waals surface area contributed by atoms with Gasteiger partial charge in [0.2, 0.25) is 11.8 Å². The van der Waals surface area contributed by atoms with Gasteiger partial charge in [-0.25, -0.2) is 4.98 Å². The normalized spacial score (nSPS) is 11.0. The number of aromatic nitrogens is 2. The Morgan fingerprint density at radius 2 is 1.51 bits per heavy atom. The van der Waals surface area contributed by atoms with Gasteiger partial charge in [-0.15, -0.1) is 10.2 Å². The van der Waals surface area contributed by atoms with Crippen molar-refractivity contribution >= 4 is 68.4 Å². The van der Waals surface area contributed by atoms with Crippen molar-refractivity contribution in [1.29, 1.82) is 0 Å². The molecule has 13 heteroatoms. The van der Waals surface area contributed by atoms with Crippen LogP contribution >= 0.6 is 0 Å². The van der Waals surface area contributed by atoms with Crippen molar-refractivity contribution in [2.75, 3.05) is 22.1 Å². The van der Waals surface area contributed by atoms with Gasteiger partial charge in [0, 0.05) is 16.9 Å². The summed E-state index contributed by atoms with van der Waals surface area (Å²) in [4.78, 5) is 66.8. The highest BCUT2D eigenvalue weighted by atomic mass is 16.2. The average Bonchev–Trinajstić information content (AvgIpc) is 2.89. The van der Waals surface area contributed by atoms with Gasteiger partial charge < -0.3 is 27.1 Å². The Kier molecular flexibility index (Phi) is 8.27. The van der Waals surface area contributed by atoms with E-state index in [2.05, 4.69) is 30.8 Å². The Morgan fingerprint density at radius 1 is 0.854 bits per heavy atom. The number of Topliss-reactive ketones (excluding diaryl/α,β-unsaturated/α-hetero) is 2. The van der Waals surface area contributed by atoms with Crippen LogP contribution in [0.3, 0.4) is 0 Å². The number of fused-ring (bicyclic) bond motifs is 1. The minimum Gasteiger partial charge on any atom is -0.399 e. The number of anilines is 4. The molecule has 0 atom stereocenters. The third-order valence-corrected chi connectivity index (χ3v) is 5.79. The Balaban J connectivity index is 1.88. The summed E-state index contributed by atoms with van der Waals surface area (Å²) in [7, 11) is 0. The van der Waals surface area contributed by atoms with Crippen LogP contribution in [-0.2, 0) is 19.2 Å². The molecular formula is C28H26N8O5. The molecule has 13 nitrogen and oxygen atoms in total. The number of H-pyrrole nitrogens is 1. The fraction of sp³-hybridized carbons (Fsp3) is 0.143. The topological polar surface area (TPSA) is 215 Å². The lowest BCUT2D eigenvalue weighted by molar-refractivity contribution is -0.125. The van der Waals surface area contributed by atoms with E-state index in [4.69, 9.17) is 11.5 Å². The molecule has 0 saturated heterocycles. The first-order chi connectivity index (χ1) is 19.5. The third kappa shape index (κ3) is 6.84. The second kappa shape index (κ2) is 12.0. The first kappa shape index (κ1) is 28.3. The maximum Gasteiger partial charge on any atom is 0.258 e. The van der Waals surface area contributed by atoms with Crippen LogP contribution in [0.4, 0.5) is 34.1 Å². The van der Waals surface area contributed by atoms with Crippen molar-refractivity contribution in [3.05, 3.63) is 65.2 Å². The molecule has 0 unspecified atom stereocenters. The Bertz CT molecular complexity index is 1790. The van der Waals surface area contributed by atoms with Gasteiger partial charge >= 0.3 is 0 Å². The number of carbonyl (C=O) groups is 4. The lowest BCUT2D eigenvalue weighted by atomic mass is 9.99. The van der Waals surface area contributed by atoms with Crippen LogP contribution in [-0.4, -0.2) is 33.3 Å². The van der Waals surface area contributed by atoms with Crippen LogP contribution in [0.15, 0.2) is 69.9 Å². The number of nitrogens with one attached hydrogen (secondary N) is 3. The number of rotatable bonds is 9.